The highest BCUT2D eigenvalue weighted by atomic mass is 35.5. The molecule has 2 amide bonds. The molecule has 3 aromatic rings. The van der Waals surface area contributed by atoms with Gasteiger partial charge in [0.05, 0.1) is 6.54 Å². The van der Waals surface area contributed by atoms with Crippen molar-refractivity contribution in [1.29, 1.82) is 0 Å². The average Bonchev–Trinajstić information content (AvgIpc) is 2.98. The minimum absolute atomic E-state index is 0.271. The molecule has 0 unspecified atom stereocenters. The number of carbonyl (C=O) groups is 1. The predicted octanol–water partition coefficient (Wildman–Crippen LogP) is 4.93. The number of nitrogens with zero attached hydrogens (tertiary/aromatic N) is 1. The molecule has 0 radical (unpaired) electrons. The van der Waals surface area contributed by atoms with Crippen molar-refractivity contribution in [2.75, 3.05) is 5.32 Å². The molecule has 2 aromatic carbocycles. The summed E-state index contributed by atoms with van der Waals surface area (Å²) in [6.07, 6.45) is 0. The molecule has 0 aliphatic rings. The highest BCUT2D eigenvalue weighted by Crippen LogP contribution is 2.22. The van der Waals surface area contributed by atoms with Gasteiger partial charge in [0, 0.05) is 16.3 Å². The van der Waals surface area contributed by atoms with E-state index in [1.165, 1.54) is 0 Å². The van der Waals surface area contributed by atoms with Gasteiger partial charge in [-0.05, 0) is 43.7 Å². The van der Waals surface area contributed by atoms with Gasteiger partial charge in [0.15, 0.2) is 0 Å². The third-order valence-electron chi connectivity index (χ3n) is 3.78. The maximum atomic E-state index is 12.1. The lowest BCUT2D eigenvalue weighted by Gasteiger charge is -2.09. The zero-order chi connectivity index (χ0) is 17.8. The number of anilines is 1. The Kier molecular flexibility index (Phi) is 5.05. The first-order valence-corrected chi connectivity index (χ1v) is 8.23. The van der Waals surface area contributed by atoms with Gasteiger partial charge in [-0.25, -0.2) is 9.78 Å². The number of amides is 2. The van der Waals surface area contributed by atoms with E-state index in [1.807, 2.05) is 50.2 Å². The van der Waals surface area contributed by atoms with E-state index in [-0.39, 0.29) is 12.6 Å². The molecule has 1 heterocycles. The van der Waals surface area contributed by atoms with Gasteiger partial charge in [-0.2, -0.15) is 0 Å². The predicted molar refractivity (Wildman–Crippen MR) is 98.7 cm³/mol. The van der Waals surface area contributed by atoms with E-state index in [1.54, 1.807) is 12.1 Å². The Morgan fingerprint density at radius 3 is 2.68 bits per heavy atom. The molecular weight excluding hydrogens is 338 g/mol. The fourth-order valence-corrected chi connectivity index (χ4v) is 2.53. The van der Waals surface area contributed by atoms with Crippen LogP contribution in [0.25, 0.3) is 11.5 Å². The summed E-state index contributed by atoms with van der Waals surface area (Å²) in [7, 11) is 0. The SMILES string of the molecule is Cc1ccc(Cl)cc1NC(=O)NCc1nc(-c2ccccc2)oc1C. The third-order valence-corrected chi connectivity index (χ3v) is 4.01. The molecule has 1 aromatic heterocycles. The Morgan fingerprint density at radius 1 is 1.16 bits per heavy atom. The van der Waals surface area contributed by atoms with Crippen LogP contribution in [0.5, 0.6) is 0 Å². The fourth-order valence-electron chi connectivity index (χ4n) is 2.36. The third kappa shape index (κ3) is 4.19. The number of benzene rings is 2. The van der Waals surface area contributed by atoms with Crippen molar-refractivity contribution in [2.45, 2.75) is 20.4 Å². The van der Waals surface area contributed by atoms with Gasteiger partial charge < -0.3 is 15.1 Å². The number of nitrogens with one attached hydrogen (secondary N) is 2. The van der Waals surface area contributed by atoms with E-state index in [0.29, 0.717) is 28.1 Å². The second-order valence-electron chi connectivity index (χ2n) is 5.65. The average molecular weight is 356 g/mol. The molecule has 0 fully saturated rings. The smallest absolute Gasteiger partial charge is 0.319 e. The van der Waals surface area contributed by atoms with Crippen LogP contribution in [0.4, 0.5) is 10.5 Å². The lowest BCUT2D eigenvalue weighted by molar-refractivity contribution is 0.251. The maximum Gasteiger partial charge on any atom is 0.319 e. The molecule has 0 atom stereocenters. The summed E-state index contributed by atoms with van der Waals surface area (Å²) < 4.78 is 5.69. The molecule has 2 N–H and O–H groups in total. The zero-order valence-electron chi connectivity index (χ0n) is 14.0. The summed E-state index contributed by atoms with van der Waals surface area (Å²) in [5.74, 6) is 1.22. The first kappa shape index (κ1) is 17.0. The molecule has 0 spiro atoms. The summed E-state index contributed by atoms with van der Waals surface area (Å²) in [5, 5.41) is 6.14. The molecule has 25 heavy (non-hydrogen) atoms. The van der Waals surface area contributed by atoms with Crippen molar-refractivity contribution in [3.05, 3.63) is 70.6 Å². The summed E-state index contributed by atoms with van der Waals surface area (Å²) in [5.41, 5.74) is 3.20. The van der Waals surface area contributed by atoms with Gasteiger partial charge in [0.1, 0.15) is 11.5 Å². The van der Waals surface area contributed by atoms with E-state index < -0.39 is 0 Å². The number of aromatic nitrogens is 1. The van der Waals surface area contributed by atoms with Gasteiger partial charge >= 0.3 is 6.03 Å². The van der Waals surface area contributed by atoms with E-state index in [2.05, 4.69) is 15.6 Å². The standard InChI is InChI=1S/C19H18ClN3O2/c1-12-8-9-15(20)10-16(12)23-19(24)21-11-17-13(2)25-18(22-17)14-6-4-3-5-7-14/h3-10H,11H2,1-2H3,(H2,21,23,24). The van der Waals surface area contributed by atoms with Crippen LogP contribution in [0, 0.1) is 13.8 Å². The van der Waals surface area contributed by atoms with Gasteiger partial charge in [-0.1, -0.05) is 35.9 Å². The van der Waals surface area contributed by atoms with Crippen LogP contribution in [0.15, 0.2) is 52.9 Å². The number of hydrogen-bond acceptors (Lipinski definition) is 3. The van der Waals surface area contributed by atoms with Crippen molar-refractivity contribution in [2.24, 2.45) is 0 Å². The number of halogens is 1. The Hall–Kier alpha value is -2.79. The van der Waals surface area contributed by atoms with Crippen LogP contribution >= 0.6 is 11.6 Å². The monoisotopic (exact) mass is 355 g/mol. The molecule has 6 heteroatoms. The Bertz CT molecular complexity index is 891. The van der Waals surface area contributed by atoms with E-state index >= 15 is 0 Å². The first-order valence-electron chi connectivity index (χ1n) is 7.85. The molecule has 0 aliphatic carbocycles. The highest BCUT2D eigenvalue weighted by molar-refractivity contribution is 6.31. The number of hydrogen-bond donors (Lipinski definition) is 2. The number of oxazole rings is 1. The largest absolute Gasteiger partial charge is 0.441 e. The Balaban J connectivity index is 1.64. The quantitative estimate of drug-likeness (QED) is 0.697. The molecule has 0 saturated heterocycles. The van der Waals surface area contributed by atoms with Gasteiger partial charge in [-0.15, -0.1) is 0 Å². The van der Waals surface area contributed by atoms with Crippen molar-refractivity contribution < 1.29 is 9.21 Å². The van der Waals surface area contributed by atoms with Gasteiger partial charge in [0.2, 0.25) is 5.89 Å². The Morgan fingerprint density at radius 2 is 1.92 bits per heavy atom. The minimum atomic E-state index is -0.325. The zero-order valence-corrected chi connectivity index (χ0v) is 14.7. The molecule has 3 rings (SSSR count). The van der Waals surface area contributed by atoms with Gasteiger partial charge in [-0.3, -0.25) is 0 Å². The van der Waals surface area contributed by atoms with Crippen molar-refractivity contribution in [3.8, 4) is 11.5 Å². The van der Waals surface area contributed by atoms with Crippen LogP contribution in [0.1, 0.15) is 17.0 Å². The molecular formula is C19H18ClN3O2. The van der Waals surface area contributed by atoms with E-state index in [9.17, 15) is 4.79 Å². The molecule has 0 saturated carbocycles. The van der Waals surface area contributed by atoms with Crippen LogP contribution < -0.4 is 10.6 Å². The van der Waals surface area contributed by atoms with Crippen LogP contribution in [0.3, 0.4) is 0 Å². The minimum Gasteiger partial charge on any atom is -0.441 e. The number of aryl methyl sites for hydroxylation is 2. The second-order valence-corrected chi connectivity index (χ2v) is 6.09. The Labute approximate surface area is 151 Å². The fraction of sp³-hybridized carbons (Fsp3) is 0.158. The normalized spacial score (nSPS) is 10.5. The number of urea groups is 1. The molecule has 128 valence electrons. The van der Waals surface area contributed by atoms with Crippen LogP contribution in [0.2, 0.25) is 5.02 Å². The number of rotatable bonds is 4. The van der Waals surface area contributed by atoms with Crippen LogP contribution in [-0.4, -0.2) is 11.0 Å². The lowest BCUT2D eigenvalue weighted by atomic mass is 10.2. The maximum absolute atomic E-state index is 12.1. The van der Waals surface area contributed by atoms with Crippen molar-refractivity contribution in [1.82, 2.24) is 10.3 Å². The second kappa shape index (κ2) is 7.40. The van der Waals surface area contributed by atoms with E-state index in [4.69, 9.17) is 16.0 Å². The summed E-state index contributed by atoms with van der Waals surface area (Å²) in [6, 6.07) is 14.7. The summed E-state index contributed by atoms with van der Waals surface area (Å²) in [6.45, 7) is 4.00. The van der Waals surface area contributed by atoms with Crippen molar-refractivity contribution >= 4 is 23.3 Å². The van der Waals surface area contributed by atoms with Crippen molar-refractivity contribution in [3.63, 3.8) is 0 Å². The van der Waals surface area contributed by atoms with Gasteiger partial charge in [0.25, 0.3) is 0 Å². The highest BCUT2D eigenvalue weighted by Gasteiger charge is 2.12. The van der Waals surface area contributed by atoms with E-state index in [0.717, 1.165) is 11.1 Å². The number of carbonyl (C=O) groups excluding carboxylic acids is 1. The first-order chi connectivity index (χ1) is 12.0. The molecule has 0 aliphatic heterocycles. The molecule has 5 nitrogen and oxygen atoms in total. The summed E-state index contributed by atoms with van der Waals surface area (Å²) in [4.78, 5) is 16.6. The van der Waals surface area contributed by atoms with Crippen LogP contribution in [-0.2, 0) is 6.54 Å². The summed E-state index contributed by atoms with van der Waals surface area (Å²) >= 11 is 5.96. The lowest BCUT2D eigenvalue weighted by Crippen LogP contribution is -2.28. The molecule has 0 bridgehead atoms. The topological polar surface area (TPSA) is 67.2 Å².